The summed E-state index contributed by atoms with van der Waals surface area (Å²) in [5.74, 6) is 0.804. The molecule has 0 spiro atoms. The van der Waals surface area contributed by atoms with Gasteiger partial charge in [-0.2, -0.15) is 0 Å². The number of nitrogens with one attached hydrogen (secondary N) is 2. The highest BCUT2D eigenvalue weighted by Gasteiger charge is 2.11. The predicted octanol–water partition coefficient (Wildman–Crippen LogP) is 3.06. The van der Waals surface area contributed by atoms with Crippen LogP contribution in [0.2, 0.25) is 0 Å². The van der Waals surface area contributed by atoms with Gasteiger partial charge in [-0.15, -0.1) is 0 Å². The van der Waals surface area contributed by atoms with E-state index in [4.69, 9.17) is 4.74 Å². The van der Waals surface area contributed by atoms with Gasteiger partial charge in [-0.05, 0) is 18.2 Å². The molecule has 0 amide bonds. The van der Waals surface area contributed by atoms with Gasteiger partial charge in [0.15, 0.2) is 0 Å². The van der Waals surface area contributed by atoms with Gasteiger partial charge in [0.25, 0.3) is 0 Å². The number of hydrogen-bond acceptors (Lipinski definition) is 3. The summed E-state index contributed by atoms with van der Waals surface area (Å²) in [7, 11) is 0. The summed E-state index contributed by atoms with van der Waals surface area (Å²) in [6.07, 6.45) is -0.525. The second-order valence-electron chi connectivity index (χ2n) is 5.88. The maximum Gasteiger partial charge on any atom is 0.129 e. The van der Waals surface area contributed by atoms with Crippen LogP contribution in [0.15, 0.2) is 42.5 Å². The summed E-state index contributed by atoms with van der Waals surface area (Å²) in [5.41, 5.74) is 2.14. The zero-order valence-electron chi connectivity index (χ0n) is 13.0. The van der Waals surface area contributed by atoms with E-state index >= 15 is 0 Å². The molecule has 0 aliphatic carbocycles. The van der Waals surface area contributed by atoms with Crippen molar-refractivity contribution in [1.29, 1.82) is 0 Å². The lowest BCUT2D eigenvalue weighted by molar-refractivity contribution is 0.105. The molecule has 0 aliphatic heterocycles. The van der Waals surface area contributed by atoms with Crippen molar-refractivity contribution >= 4 is 21.8 Å². The van der Waals surface area contributed by atoms with E-state index in [9.17, 15) is 5.11 Å². The third-order valence-corrected chi connectivity index (χ3v) is 3.68. The zero-order chi connectivity index (χ0) is 15.5. The fourth-order valence-corrected chi connectivity index (χ4v) is 2.61. The fourth-order valence-electron chi connectivity index (χ4n) is 2.61. The standard InChI is InChI=1S/C18H22N2O2/c1-12(2)19-10-13(21)11-22-17-9-5-8-16-18(17)14-6-3-4-7-15(14)20-16/h3-9,12-13,19-21H,10-11H2,1-2H3/t13-/m0/s1. The molecule has 1 atom stereocenters. The Morgan fingerprint density at radius 1 is 1.09 bits per heavy atom. The average Bonchev–Trinajstić information content (AvgIpc) is 2.90. The molecule has 0 radical (unpaired) electrons. The first-order valence-corrected chi connectivity index (χ1v) is 7.69. The normalized spacial score (nSPS) is 13.1. The molecule has 3 aromatic rings. The molecule has 0 bridgehead atoms. The molecule has 0 unspecified atom stereocenters. The minimum atomic E-state index is -0.525. The number of aliphatic hydroxyl groups is 1. The van der Waals surface area contributed by atoms with Gasteiger partial charge in [0.2, 0.25) is 0 Å². The number of benzene rings is 2. The largest absolute Gasteiger partial charge is 0.490 e. The molecule has 0 fully saturated rings. The number of hydrogen-bond donors (Lipinski definition) is 3. The Hall–Kier alpha value is -2.04. The summed E-state index contributed by atoms with van der Waals surface area (Å²) in [6.45, 7) is 4.92. The number of ether oxygens (including phenoxy) is 1. The van der Waals surface area contributed by atoms with Gasteiger partial charge in [-0.25, -0.2) is 0 Å². The van der Waals surface area contributed by atoms with Gasteiger partial charge < -0.3 is 20.1 Å². The summed E-state index contributed by atoms with van der Waals surface area (Å²) in [5, 5.41) is 15.4. The van der Waals surface area contributed by atoms with Crippen molar-refractivity contribution in [3.8, 4) is 5.75 Å². The number of aromatic nitrogens is 1. The van der Waals surface area contributed by atoms with Crippen LogP contribution in [-0.2, 0) is 0 Å². The first-order chi connectivity index (χ1) is 10.6. The van der Waals surface area contributed by atoms with Gasteiger partial charge in [0.05, 0.1) is 5.52 Å². The number of aromatic amines is 1. The van der Waals surface area contributed by atoms with Crippen molar-refractivity contribution in [3.63, 3.8) is 0 Å². The van der Waals surface area contributed by atoms with Gasteiger partial charge in [0, 0.05) is 28.9 Å². The van der Waals surface area contributed by atoms with Crippen molar-refractivity contribution in [2.45, 2.75) is 26.0 Å². The van der Waals surface area contributed by atoms with Crippen LogP contribution in [0, 0.1) is 0 Å². The molecule has 4 nitrogen and oxygen atoms in total. The maximum atomic E-state index is 10.0. The van der Waals surface area contributed by atoms with E-state index < -0.39 is 6.10 Å². The second-order valence-corrected chi connectivity index (χ2v) is 5.88. The van der Waals surface area contributed by atoms with E-state index in [0.29, 0.717) is 12.6 Å². The Kier molecular flexibility index (Phi) is 4.32. The molecule has 4 heteroatoms. The zero-order valence-corrected chi connectivity index (χ0v) is 13.0. The molecule has 1 aromatic heterocycles. The third kappa shape index (κ3) is 3.08. The quantitative estimate of drug-likeness (QED) is 0.655. The van der Waals surface area contributed by atoms with Gasteiger partial charge in [-0.1, -0.05) is 38.1 Å². The highest BCUT2D eigenvalue weighted by molar-refractivity contribution is 6.10. The molecule has 1 heterocycles. The molecule has 116 valence electrons. The molecular weight excluding hydrogens is 276 g/mol. The molecule has 22 heavy (non-hydrogen) atoms. The Morgan fingerprint density at radius 3 is 2.68 bits per heavy atom. The molecule has 0 aliphatic rings. The fraction of sp³-hybridized carbons (Fsp3) is 0.333. The molecule has 0 saturated heterocycles. The monoisotopic (exact) mass is 298 g/mol. The Bertz CT molecular complexity index is 764. The second kappa shape index (κ2) is 6.38. The number of rotatable bonds is 6. The summed E-state index contributed by atoms with van der Waals surface area (Å²) in [6, 6.07) is 14.5. The van der Waals surface area contributed by atoms with E-state index in [-0.39, 0.29) is 6.61 Å². The van der Waals surface area contributed by atoms with Crippen LogP contribution in [0.3, 0.4) is 0 Å². The highest BCUT2D eigenvalue weighted by atomic mass is 16.5. The Balaban J connectivity index is 1.82. The first-order valence-electron chi connectivity index (χ1n) is 7.69. The van der Waals surface area contributed by atoms with E-state index in [1.165, 1.54) is 0 Å². The SMILES string of the molecule is CC(C)NC[C@H](O)COc1cccc2[nH]c3ccccc3c12. The Labute approximate surface area is 130 Å². The number of H-pyrrole nitrogens is 1. The van der Waals surface area contributed by atoms with Crippen LogP contribution in [-0.4, -0.2) is 35.4 Å². The third-order valence-electron chi connectivity index (χ3n) is 3.68. The number of fused-ring (bicyclic) bond motifs is 3. The lowest BCUT2D eigenvalue weighted by atomic mass is 10.1. The van der Waals surface area contributed by atoms with Crippen LogP contribution in [0.25, 0.3) is 21.8 Å². The van der Waals surface area contributed by atoms with Crippen molar-refractivity contribution in [2.24, 2.45) is 0 Å². The minimum Gasteiger partial charge on any atom is -0.490 e. The molecular formula is C18H22N2O2. The highest BCUT2D eigenvalue weighted by Crippen LogP contribution is 2.32. The summed E-state index contributed by atoms with van der Waals surface area (Å²) >= 11 is 0. The predicted molar refractivity (Wildman–Crippen MR) is 90.4 cm³/mol. The molecule has 3 N–H and O–H groups in total. The van der Waals surface area contributed by atoms with E-state index in [2.05, 4.69) is 36.3 Å². The van der Waals surface area contributed by atoms with Crippen LogP contribution >= 0.6 is 0 Å². The van der Waals surface area contributed by atoms with Crippen LogP contribution in [0.5, 0.6) is 5.75 Å². The van der Waals surface area contributed by atoms with Crippen molar-refractivity contribution in [2.75, 3.05) is 13.2 Å². The van der Waals surface area contributed by atoms with E-state index in [1.807, 2.05) is 30.3 Å². The van der Waals surface area contributed by atoms with Crippen LogP contribution in [0.1, 0.15) is 13.8 Å². The maximum absolute atomic E-state index is 10.0. The Morgan fingerprint density at radius 2 is 1.86 bits per heavy atom. The van der Waals surface area contributed by atoms with Gasteiger partial charge >= 0.3 is 0 Å². The lowest BCUT2D eigenvalue weighted by Gasteiger charge is -2.15. The van der Waals surface area contributed by atoms with Crippen LogP contribution in [0.4, 0.5) is 0 Å². The first kappa shape index (κ1) is 14.9. The van der Waals surface area contributed by atoms with E-state index in [1.54, 1.807) is 0 Å². The van der Waals surface area contributed by atoms with Gasteiger partial charge in [0.1, 0.15) is 18.5 Å². The molecule has 2 aromatic carbocycles. The van der Waals surface area contributed by atoms with Crippen molar-refractivity contribution < 1.29 is 9.84 Å². The van der Waals surface area contributed by atoms with Crippen LogP contribution < -0.4 is 10.1 Å². The molecule has 0 saturated carbocycles. The number of para-hydroxylation sites is 1. The summed E-state index contributed by atoms with van der Waals surface area (Å²) < 4.78 is 5.87. The van der Waals surface area contributed by atoms with E-state index in [0.717, 1.165) is 27.6 Å². The average molecular weight is 298 g/mol. The minimum absolute atomic E-state index is 0.276. The van der Waals surface area contributed by atoms with Crippen molar-refractivity contribution in [1.82, 2.24) is 10.3 Å². The number of aliphatic hydroxyl groups excluding tert-OH is 1. The smallest absolute Gasteiger partial charge is 0.129 e. The molecule has 3 rings (SSSR count). The summed E-state index contributed by atoms with van der Waals surface area (Å²) in [4.78, 5) is 3.39. The van der Waals surface area contributed by atoms with Gasteiger partial charge in [-0.3, -0.25) is 0 Å². The topological polar surface area (TPSA) is 57.3 Å². The lowest BCUT2D eigenvalue weighted by Crippen LogP contribution is -2.35. The van der Waals surface area contributed by atoms with Crippen molar-refractivity contribution in [3.05, 3.63) is 42.5 Å².